The third-order valence-corrected chi connectivity index (χ3v) is 3.33. The van der Waals surface area contributed by atoms with Crippen LogP contribution in [0.4, 0.5) is 4.39 Å². The van der Waals surface area contributed by atoms with Crippen molar-refractivity contribution in [2.45, 2.75) is 32.6 Å². The lowest BCUT2D eigenvalue weighted by atomic mass is 9.87. The van der Waals surface area contributed by atoms with Crippen LogP contribution in [0.25, 0.3) is 0 Å². The van der Waals surface area contributed by atoms with E-state index in [-0.39, 0.29) is 5.82 Å². The first-order valence-corrected chi connectivity index (χ1v) is 6.52. The molecule has 1 atom stereocenters. The van der Waals surface area contributed by atoms with Gasteiger partial charge < -0.3 is 0 Å². The molecule has 0 radical (unpaired) electrons. The van der Waals surface area contributed by atoms with Crippen molar-refractivity contribution in [2.75, 3.05) is 0 Å². The molecule has 0 bridgehead atoms. The van der Waals surface area contributed by atoms with Crippen LogP contribution in [0.2, 0.25) is 0 Å². The zero-order valence-corrected chi connectivity index (χ0v) is 11.0. The Morgan fingerprint density at radius 3 is 1.89 bits per heavy atom. The first kappa shape index (κ1) is 12.8. The smallest absolute Gasteiger partial charge is 0.123 e. The van der Waals surface area contributed by atoms with E-state index in [1.807, 2.05) is 12.1 Å². The van der Waals surface area contributed by atoms with Gasteiger partial charge in [0.2, 0.25) is 0 Å². The fourth-order valence-corrected chi connectivity index (χ4v) is 2.31. The maximum absolute atomic E-state index is 13.0. The van der Waals surface area contributed by atoms with Gasteiger partial charge in [-0.3, -0.25) is 0 Å². The van der Waals surface area contributed by atoms with Gasteiger partial charge in [0, 0.05) is 5.92 Å². The van der Waals surface area contributed by atoms with Crippen LogP contribution in [0.3, 0.4) is 0 Å². The van der Waals surface area contributed by atoms with Crippen molar-refractivity contribution in [3.8, 4) is 0 Å². The van der Waals surface area contributed by atoms with Gasteiger partial charge in [-0.05, 0) is 36.6 Å². The van der Waals surface area contributed by atoms with Gasteiger partial charge in [0.25, 0.3) is 0 Å². The summed E-state index contributed by atoms with van der Waals surface area (Å²) in [4.78, 5) is 0. The molecule has 0 saturated carbocycles. The molecule has 1 heteroatoms. The average Bonchev–Trinajstić information content (AvgIpc) is 2.39. The minimum atomic E-state index is -0.169. The van der Waals surface area contributed by atoms with Gasteiger partial charge in [-0.1, -0.05) is 55.3 Å². The summed E-state index contributed by atoms with van der Waals surface area (Å²) in [6, 6.07) is 15.5. The fraction of sp³-hybridized carbons (Fsp3) is 0.294. The van der Waals surface area contributed by atoms with E-state index in [1.54, 1.807) is 12.1 Å². The van der Waals surface area contributed by atoms with E-state index in [0.29, 0.717) is 5.92 Å². The second kappa shape index (κ2) is 5.81. The van der Waals surface area contributed by atoms with Gasteiger partial charge in [-0.15, -0.1) is 0 Å². The maximum Gasteiger partial charge on any atom is 0.123 e. The first-order chi connectivity index (χ1) is 8.70. The quantitative estimate of drug-likeness (QED) is 0.702. The van der Waals surface area contributed by atoms with Gasteiger partial charge in [0.05, 0.1) is 0 Å². The summed E-state index contributed by atoms with van der Waals surface area (Å²) >= 11 is 0. The van der Waals surface area contributed by atoms with E-state index in [1.165, 1.54) is 16.7 Å². The summed E-state index contributed by atoms with van der Waals surface area (Å²) in [5, 5.41) is 0. The second-order valence-electron chi connectivity index (χ2n) is 4.80. The largest absolute Gasteiger partial charge is 0.207 e. The molecule has 0 fully saturated rings. The van der Waals surface area contributed by atoms with Gasteiger partial charge in [0.15, 0.2) is 0 Å². The summed E-state index contributed by atoms with van der Waals surface area (Å²) < 4.78 is 13.0. The molecule has 2 aromatic rings. The number of hydrogen-bond donors (Lipinski definition) is 0. The lowest BCUT2D eigenvalue weighted by Crippen LogP contribution is -2.01. The molecule has 0 aliphatic heterocycles. The Morgan fingerprint density at radius 1 is 0.889 bits per heavy atom. The summed E-state index contributed by atoms with van der Waals surface area (Å²) in [5.41, 5.74) is 3.78. The Morgan fingerprint density at radius 2 is 1.39 bits per heavy atom. The predicted octanol–water partition coefficient (Wildman–Crippen LogP) is 5.07. The Balaban J connectivity index is 2.33. The molecule has 0 aromatic heterocycles. The molecule has 0 aliphatic carbocycles. The summed E-state index contributed by atoms with van der Waals surface area (Å²) in [6.45, 7) is 4.28. The van der Waals surface area contributed by atoms with E-state index in [4.69, 9.17) is 0 Å². The van der Waals surface area contributed by atoms with E-state index in [2.05, 4.69) is 38.1 Å². The number of benzene rings is 2. The zero-order valence-electron chi connectivity index (χ0n) is 11.0. The molecule has 0 nitrogen and oxygen atoms in total. The molecule has 0 amide bonds. The van der Waals surface area contributed by atoms with Gasteiger partial charge in [-0.25, -0.2) is 4.39 Å². The third kappa shape index (κ3) is 2.98. The Bertz CT molecular complexity index is 437. The lowest BCUT2D eigenvalue weighted by Gasteiger charge is -2.17. The number of aryl methyl sites for hydroxylation is 1. The van der Waals surface area contributed by atoms with Crippen LogP contribution in [0.15, 0.2) is 48.5 Å². The SMILES string of the molecule is CCCC(c1ccc(C)cc1)c1ccc(F)cc1. The highest BCUT2D eigenvalue weighted by atomic mass is 19.1. The summed E-state index contributed by atoms with van der Waals surface area (Å²) in [7, 11) is 0. The monoisotopic (exact) mass is 242 g/mol. The van der Waals surface area contributed by atoms with Crippen molar-refractivity contribution >= 4 is 0 Å². The Hall–Kier alpha value is -1.63. The van der Waals surface area contributed by atoms with E-state index in [0.717, 1.165) is 12.8 Å². The van der Waals surface area contributed by atoms with Crippen molar-refractivity contribution in [1.29, 1.82) is 0 Å². The molecule has 0 saturated heterocycles. The van der Waals surface area contributed by atoms with Crippen molar-refractivity contribution in [3.63, 3.8) is 0 Å². The highest BCUT2D eigenvalue weighted by Gasteiger charge is 2.12. The molecule has 0 aliphatic rings. The van der Waals surface area contributed by atoms with Crippen molar-refractivity contribution in [3.05, 3.63) is 71.0 Å². The summed E-state index contributed by atoms with van der Waals surface area (Å²) in [6.07, 6.45) is 2.21. The molecule has 0 heterocycles. The van der Waals surface area contributed by atoms with Crippen LogP contribution >= 0.6 is 0 Å². The molecule has 1 unspecified atom stereocenters. The standard InChI is InChI=1S/C17H19F/c1-3-4-17(14-7-5-13(2)6-8-14)15-9-11-16(18)12-10-15/h5-12,17H,3-4H2,1-2H3. The molecule has 2 aromatic carbocycles. The van der Waals surface area contributed by atoms with Crippen molar-refractivity contribution < 1.29 is 4.39 Å². The second-order valence-corrected chi connectivity index (χ2v) is 4.80. The van der Waals surface area contributed by atoms with Gasteiger partial charge >= 0.3 is 0 Å². The van der Waals surface area contributed by atoms with Crippen molar-refractivity contribution in [2.24, 2.45) is 0 Å². The summed E-state index contributed by atoms with van der Waals surface area (Å²) in [5.74, 6) is 0.203. The van der Waals surface area contributed by atoms with E-state index >= 15 is 0 Å². The minimum absolute atomic E-state index is 0.169. The fourth-order valence-electron chi connectivity index (χ4n) is 2.31. The van der Waals surface area contributed by atoms with E-state index in [9.17, 15) is 4.39 Å². The molecular formula is C17H19F. The number of halogens is 1. The molecule has 0 spiro atoms. The first-order valence-electron chi connectivity index (χ1n) is 6.52. The maximum atomic E-state index is 13.0. The zero-order chi connectivity index (χ0) is 13.0. The topological polar surface area (TPSA) is 0 Å². The molecule has 2 rings (SSSR count). The highest BCUT2D eigenvalue weighted by Crippen LogP contribution is 2.29. The van der Waals surface area contributed by atoms with Gasteiger partial charge in [0.1, 0.15) is 5.82 Å². The number of rotatable bonds is 4. The third-order valence-electron chi connectivity index (χ3n) is 3.33. The number of hydrogen-bond acceptors (Lipinski definition) is 0. The van der Waals surface area contributed by atoms with Gasteiger partial charge in [-0.2, -0.15) is 0 Å². The van der Waals surface area contributed by atoms with E-state index < -0.39 is 0 Å². The van der Waals surface area contributed by atoms with Crippen LogP contribution in [0.5, 0.6) is 0 Å². The molecule has 18 heavy (non-hydrogen) atoms. The predicted molar refractivity (Wildman–Crippen MR) is 74.3 cm³/mol. The normalized spacial score (nSPS) is 12.4. The molecule has 0 N–H and O–H groups in total. The Labute approximate surface area is 108 Å². The highest BCUT2D eigenvalue weighted by molar-refractivity contribution is 5.34. The van der Waals surface area contributed by atoms with Crippen LogP contribution in [0.1, 0.15) is 42.4 Å². The van der Waals surface area contributed by atoms with Crippen LogP contribution in [0, 0.1) is 12.7 Å². The van der Waals surface area contributed by atoms with Crippen LogP contribution < -0.4 is 0 Å². The molecule has 94 valence electrons. The van der Waals surface area contributed by atoms with Crippen LogP contribution in [-0.4, -0.2) is 0 Å². The lowest BCUT2D eigenvalue weighted by molar-refractivity contribution is 0.624. The van der Waals surface area contributed by atoms with Crippen LogP contribution in [-0.2, 0) is 0 Å². The average molecular weight is 242 g/mol. The van der Waals surface area contributed by atoms with Crippen molar-refractivity contribution in [1.82, 2.24) is 0 Å². The Kier molecular flexibility index (Phi) is 4.14. The minimum Gasteiger partial charge on any atom is -0.207 e. The molecular weight excluding hydrogens is 223 g/mol.